The van der Waals surface area contributed by atoms with Crippen LogP contribution in [-0.4, -0.2) is 36.7 Å². The van der Waals surface area contributed by atoms with Crippen LogP contribution in [-0.2, 0) is 9.53 Å². The number of thiazole rings is 1. The molecule has 0 radical (unpaired) electrons. The van der Waals surface area contributed by atoms with E-state index in [9.17, 15) is 4.79 Å². The first kappa shape index (κ1) is 12.5. The second-order valence-electron chi connectivity index (χ2n) is 3.92. The summed E-state index contributed by atoms with van der Waals surface area (Å²) in [6.45, 7) is 3.89. The molecule has 94 valence electrons. The minimum Gasteiger partial charge on any atom is -0.378 e. The van der Waals surface area contributed by atoms with E-state index < -0.39 is 0 Å². The summed E-state index contributed by atoms with van der Waals surface area (Å²) in [5.74, 6) is -0.00764. The Morgan fingerprint density at radius 2 is 2.71 bits per heavy atom. The summed E-state index contributed by atoms with van der Waals surface area (Å²) < 4.78 is 5.27. The van der Waals surface area contributed by atoms with Crippen LogP contribution in [0.3, 0.4) is 0 Å². The van der Waals surface area contributed by atoms with Crippen molar-refractivity contribution in [3.8, 4) is 0 Å². The topological polar surface area (TPSA) is 63.2 Å². The summed E-state index contributed by atoms with van der Waals surface area (Å²) in [5.41, 5.74) is 0. The molecule has 2 heterocycles. The molecule has 1 aliphatic heterocycles. The van der Waals surface area contributed by atoms with Crippen LogP contribution in [0.4, 0.5) is 0 Å². The Balaban J connectivity index is 1.92. The van der Waals surface area contributed by atoms with Gasteiger partial charge in [-0.25, -0.2) is 4.98 Å². The Kier molecular flexibility index (Phi) is 4.47. The lowest BCUT2D eigenvalue weighted by molar-refractivity contribution is -0.126. The Hall–Kier alpha value is -0.980. The van der Waals surface area contributed by atoms with E-state index >= 15 is 0 Å². The zero-order valence-electron chi connectivity index (χ0n) is 9.81. The van der Waals surface area contributed by atoms with Crippen LogP contribution in [0.25, 0.3) is 0 Å². The summed E-state index contributed by atoms with van der Waals surface area (Å²) in [6, 6.07) is -0.232. The number of carbonyl (C=O) groups is 1. The Labute approximate surface area is 105 Å². The average molecular weight is 255 g/mol. The number of morpholine rings is 1. The van der Waals surface area contributed by atoms with Gasteiger partial charge < -0.3 is 15.4 Å². The first-order valence-corrected chi connectivity index (χ1v) is 6.70. The summed E-state index contributed by atoms with van der Waals surface area (Å²) in [6.07, 6.45) is 2.60. The van der Waals surface area contributed by atoms with Crippen LogP contribution in [0.2, 0.25) is 0 Å². The minimum atomic E-state index is -0.238. The van der Waals surface area contributed by atoms with Crippen molar-refractivity contribution in [1.29, 1.82) is 0 Å². The van der Waals surface area contributed by atoms with Crippen LogP contribution < -0.4 is 10.6 Å². The Bertz CT molecular complexity index is 350. The third-order valence-corrected chi connectivity index (χ3v) is 3.60. The monoisotopic (exact) mass is 255 g/mol. The SMILES string of the molecule is CCC(NC(=O)C1COCCN1)c1nccs1. The van der Waals surface area contributed by atoms with E-state index in [4.69, 9.17) is 4.74 Å². The van der Waals surface area contributed by atoms with E-state index in [1.54, 1.807) is 17.5 Å². The van der Waals surface area contributed by atoms with Gasteiger partial charge in [-0.05, 0) is 6.42 Å². The quantitative estimate of drug-likeness (QED) is 0.831. The number of carbonyl (C=O) groups excluding carboxylic acids is 1. The molecule has 2 unspecified atom stereocenters. The molecule has 0 spiro atoms. The minimum absolute atomic E-state index is 0.00577. The molecule has 6 heteroatoms. The van der Waals surface area contributed by atoms with Gasteiger partial charge in [-0.3, -0.25) is 4.79 Å². The van der Waals surface area contributed by atoms with Gasteiger partial charge >= 0.3 is 0 Å². The standard InChI is InChI=1S/C11H17N3O2S/c1-2-8(11-13-4-6-17-11)14-10(15)9-7-16-5-3-12-9/h4,6,8-9,12H,2-3,5,7H2,1H3,(H,14,15). The normalized spacial score (nSPS) is 22.1. The molecule has 5 nitrogen and oxygen atoms in total. The molecule has 1 amide bonds. The molecule has 0 aromatic carbocycles. The fourth-order valence-corrected chi connectivity index (χ4v) is 2.52. The van der Waals surface area contributed by atoms with E-state index in [0.717, 1.165) is 18.0 Å². The van der Waals surface area contributed by atoms with Gasteiger partial charge in [-0.1, -0.05) is 6.92 Å². The molecular weight excluding hydrogens is 238 g/mol. The molecule has 0 aliphatic carbocycles. The van der Waals surface area contributed by atoms with Gasteiger partial charge in [-0.2, -0.15) is 0 Å². The predicted octanol–water partition coefficient (Wildman–Crippen LogP) is 0.699. The fourth-order valence-electron chi connectivity index (χ4n) is 1.75. The molecule has 17 heavy (non-hydrogen) atoms. The zero-order valence-corrected chi connectivity index (χ0v) is 10.6. The first-order chi connectivity index (χ1) is 8.31. The van der Waals surface area contributed by atoms with Crippen LogP contribution in [0.5, 0.6) is 0 Å². The van der Waals surface area contributed by atoms with Crippen molar-refractivity contribution >= 4 is 17.2 Å². The number of amides is 1. The number of hydrogen-bond donors (Lipinski definition) is 2. The Morgan fingerprint density at radius 3 is 3.29 bits per heavy atom. The molecule has 1 saturated heterocycles. The second-order valence-corrected chi connectivity index (χ2v) is 4.85. The van der Waals surface area contributed by atoms with Gasteiger partial charge in [-0.15, -0.1) is 11.3 Å². The largest absolute Gasteiger partial charge is 0.378 e. The van der Waals surface area contributed by atoms with Crippen molar-refractivity contribution in [3.63, 3.8) is 0 Å². The summed E-state index contributed by atoms with van der Waals surface area (Å²) >= 11 is 1.57. The van der Waals surface area contributed by atoms with Crippen LogP contribution in [0.15, 0.2) is 11.6 Å². The highest BCUT2D eigenvalue weighted by atomic mass is 32.1. The van der Waals surface area contributed by atoms with E-state index in [1.165, 1.54) is 0 Å². The molecule has 2 rings (SSSR count). The van der Waals surface area contributed by atoms with Gasteiger partial charge in [0.1, 0.15) is 11.0 Å². The highest BCUT2D eigenvalue weighted by molar-refractivity contribution is 7.09. The van der Waals surface area contributed by atoms with Gasteiger partial charge in [0.05, 0.1) is 19.3 Å². The smallest absolute Gasteiger partial charge is 0.240 e. The predicted molar refractivity (Wildman–Crippen MR) is 65.9 cm³/mol. The molecule has 1 aromatic heterocycles. The number of hydrogen-bond acceptors (Lipinski definition) is 5. The number of nitrogens with one attached hydrogen (secondary N) is 2. The van der Waals surface area contributed by atoms with E-state index in [-0.39, 0.29) is 18.0 Å². The van der Waals surface area contributed by atoms with Gasteiger partial charge in [0.2, 0.25) is 5.91 Å². The van der Waals surface area contributed by atoms with Crippen molar-refractivity contribution < 1.29 is 9.53 Å². The number of nitrogens with zero attached hydrogens (tertiary/aromatic N) is 1. The van der Waals surface area contributed by atoms with Crippen molar-refractivity contribution in [3.05, 3.63) is 16.6 Å². The maximum absolute atomic E-state index is 12.0. The lowest BCUT2D eigenvalue weighted by Crippen LogP contribution is -2.51. The van der Waals surface area contributed by atoms with Crippen molar-refractivity contribution in [2.45, 2.75) is 25.4 Å². The number of ether oxygens (including phenoxy) is 1. The maximum atomic E-state index is 12.0. The van der Waals surface area contributed by atoms with Gasteiger partial charge in [0.15, 0.2) is 0 Å². The van der Waals surface area contributed by atoms with Crippen LogP contribution >= 0.6 is 11.3 Å². The van der Waals surface area contributed by atoms with Crippen LogP contribution in [0.1, 0.15) is 24.4 Å². The number of aromatic nitrogens is 1. The molecule has 2 N–H and O–H groups in total. The molecule has 0 saturated carbocycles. The van der Waals surface area contributed by atoms with Crippen molar-refractivity contribution in [2.75, 3.05) is 19.8 Å². The molecule has 1 aliphatic rings. The molecule has 1 aromatic rings. The third-order valence-electron chi connectivity index (χ3n) is 2.71. The fraction of sp³-hybridized carbons (Fsp3) is 0.636. The van der Waals surface area contributed by atoms with Crippen LogP contribution in [0, 0.1) is 0 Å². The Morgan fingerprint density at radius 1 is 1.82 bits per heavy atom. The van der Waals surface area contributed by atoms with E-state index in [1.807, 2.05) is 12.3 Å². The molecule has 1 fully saturated rings. The van der Waals surface area contributed by atoms with E-state index in [2.05, 4.69) is 15.6 Å². The average Bonchev–Trinajstić information content (AvgIpc) is 2.90. The van der Waals surface area contributed by atoms with E-state index in [0.29, 0.717) is 13.2 Å². The van der Waals surface area contributed by atoms with Crippen molar-refractivity contribution in [2.24, 2.45) is 0 Å². The van der Waals surface area contributed by atoms with Gasteiger partial charge in [0, 0.05) is 18.1 Å². The highest BCUT2D eigenvalue weighted by Crippen LogP contribution is 2.18. The molecular formula is C11H17N3O2S. The lowest BCUT2D eigenvalue weighted by Gasteiger charge is -2.25. The molecule has 0 bridgehead atoms. The molecule has 2 atom stereocenters. The highest BCUT2D eigenvalue weighted by Gasteiger charge is 2.24. The zero-order chi connectivity index (χ0) is 12.1. The summed E-state index contributed by atoms with van der Waals surface area (Å²) in [5, 5.41) is 9.02. The third kappa shape index (κ3) is 3.24. The summed E-state index contributed by atoms with van der Waals surface area (Å²) in [7, 11) is 0. The second kappa shape index (κ2) is 6.09. The van der Waals surface area contributed by atoms with Gasteiger partial charge in [0.25, 0.3) is 0 Å². The maximum Gasteiger partial charge on any atom is 0.240 e. The number of rotatable bonds is 4. The first-order valence-electron chi connectivity index (χ1n) is 5.82. The lowest BCUT2D eigenvalue weighted by atomic mass is 10.2. The summed E-state index contributed by atoms with van der Waals surface area (Å²) in [4.78, 5) is 16.2. The van der Waals surface area contributed by atoms with Crippen molar-refractivity contribution in [1.82, 2.24) is 15.6 Å².